The third kappa shape index (κ3) is 41.6. The second-order valence-corrected chi connectivity index (χ2v) is 17.8. The van der Waals surface area contributed by atoms with Crippen molar-refractivity contribution in [2.24, 2.45) is 17.8 Å². The van der Waals surface area contributed by atoms with Crippen LogP contribution in [0, 0.1) is 17.8 Å². The van der Waals surface area contributed by atoms with E-state index in [0.29, 0.717) is 19.3 Å². The first-order valence-corrected chi connectivity index (χ1v) is 23.6. The summed E-state index contributed by atoms with van der Waals surface area (Å²) in [6.07, 6.45) is 36.9. The molecule has 0 aliphatic rings. The van der Waals surface area contributed by atoms with E-state index in [9.17, 15) is 14.4 Å². The average Bonchev–Trinajstić information content (AvgIpc) is 3.12. The van der Waals surface area contributed by atoms with Crippen LogP contribution in [0.25, 0.3) is 0 Å². The second kappa shape index (κ2) is 39.6. The van der Waals surface area contributed by atoms with Crippen molar-refractivity contribution in [3.05, 3.63) is 0 Å². The van der Waals surface area contributed by atoms with Gasteiger partial charge in [0.05, 0.1) is 0 Å². The minimum atomic E-state index is -0.762. The van der Waals surface area contributed by atoms with Gasteiger partial charge in [-0.15, -0.1) is 0 Å². The van der Waals surface area contributed by atoms with E-state index in [0.717, 1.165) is 75.5 Å². The summed E-state index contributed by atoms with van der Waals surface area (Å²) in [5.41, 5.74) is 0. The Morgan fingerprint density at radius 3 is 0.796 bits per heavy atom. The molecule has 6 heteroatoms. The lowest BCUT2D eigenvalue weighted by atomic mass is 10.0. The Bertz CT molecular complexity index is 837. The lowest BCUT2D eigenvalue weighted by Gasteiger charge is -2.18. The molecule has 0 saturated heterocycles. The van der Waals surface area contributed by atoms with Crippen LogP contribution in [-0.2, 0) is 28.6 Å². The number of hydrogen-bond acceptors (Lipinski definition) is 6. The molecular formula is C48H92O6. The average molecular weight is 765 g/mol. The highest BCUT2D eigenvalue weighted by Crippen LogP contribution is 2.17. The quantitative estimate of drug-likeness (QED) is 0.0350. The molecule has 0 bridgehead atoms. The Morgan fingerprint density at radius 1 is 0.315 bits per heavy atom. The third-order valence-electron chi connectivity index (χ3n) is 10.6. The number of hydrogen-bond donors (Lipinski definition) is 0. The molecule has 0 aliphatic carbocycles. The van der Waals surface area contributed by atoms with Gasteiger partial charge in [0.1, 0.15) is 13.2 Å². The van der Waals surface area contributed by atoms with E-state index in [2.05, 4.69) is 41.5 Å². The minimum Gasteiger partial charge on any atom is -0.462 e. The van der Waals surface area contributed by atoms with Crippen molar-refractivity contribution in [3.8, 4) is 0 Å². The second-order valence-electron chi connectivity index (χ2n) is 17.8. The third-order valence-corrected chi connectivity index (χ3v) is 10.6. The van der Waals surface area contributed by atoms with Gasteiger partial charge >= 0.3 is 17.9 Å². The minimum absolute atomic E-state index is 0.0671. The van der Waals surface area contributed by atoms with Gasteiger partial charge in [-0.2, -0.15) is 0 Å². The number of rotatable bonds is 41. The van der Waals surface area contributed by atoms with Crippen LogP contribution >= 0.6 is 0 Å². The number of unbranched alkanes of at least 4 members (excludes halogenated alkanes) is 24. The molecule has 1 atom stereocenters. The fourth-order valence-electron chi connectivity index (χ4n) is 7.06. The summed E-state index contributed by atoms with van der Waals surface area (Å²) in [5.74, 6) is 1.50. The molecule has 0 amide bonds. The molecule has 0 aliphatic heterocycles. The Morgan fingerprint density at radius 2 is 0.537 bits per heavy atom. The van der Waals surface area contributed by atoms with E-state index >= 15 is 0 Å². The molecule has 0 spiro atoms. The zero-order chi connectivity index (χ0) is 39.9. The maximum absolute atomic E-state index is 12.7. The van der Waals surface area contributed by atoms with Crippen molar-refractivity contribution in [3.63, 3.8) is 0 Å². The summed E-state index contributed by atoms with van der Waals surface area (Å²) >= 11 is 0. The predicted octanol–water partition coefficient (Wildman–Crippen LogP) is 14.8. The van der Waals surface area contributed by atoms with Crippen molar-refractivity contribution in [2.75, 3.05) is 13.2 Å². The smallest absolute Gasteiger partial charge is 0.306 e. The van der Waals surface area contributed by atoms with Gasteiger partial charge in [0.25, 0.3) is 0 Å². The molecule has 0 saturated carbocycles. The number of carbonyl (C=O) groups excluding carboxylic acids is 3. The number of ether oxygens (including phenoxy) is 3. The molecule has 0 unspecified atom stereocenters. The molecule has 0 aromatic rings. The van der Waals surface area contributed by atoms with Crippen molar-refractivity contribution in [1.82, 2.24) is 0 Å². The van der Waals surface area contributed by atoms with Crippen LogP contribution in [0.4, 0.5) is 0 Å². The number of carbonyl (C=O) groups is 3. The van der Waals surface area contributed by atoms with Gasteiger partial charge in [0, 0.05) is 19.3 Å². The maximum atomic E-state index is 12.7. The van der Waals surface area contributed by atoms with E-state index in [-0.39, 0.29) is 31.1 Å². The summed E-state index contributed by atoms with van der Waals surface area (Å²) in [6, 6.07) is 0. The van der Waals surface area contributed by atoms with Gasteiger partial charge in [0.2, 0.25) is 0 Å². The Labute approximate surface area is 336 Å². The maximum Gasteiger partial charge on any atom is 0.306 e. The highest BCUT2D eigenvalue weighted by atomic mass is 16.6. The molecule has 0 aromatic carbocycles. The highest BCUT2D eigenvalue weighted by molar-refractivity contribution is 5.71. The summed E-state index contributed by atoms with van der Waals surface area (Å²) < 4.78 is 16.7. The molecule has 0 heterocycles. The summed E-state index contributed by atoms with van der Waals surface area (Å²) in [7, 11) is 0. The molecular weight excluding hydrogens is 673 g/mol. The lowest BCUT2D eigenvalue weighted by Crippen LogP contribution is -2.30. The van der Waals surface area contributed by atoms with Crippen LogP contribution < -0.4 is 0 Å². The normalized spacial score (nSPS) is 12.2. The first-order valence-electron chi connectivity index (χ1n) is 23.6. The van der Waals surface area contributed by atoms with E-state index in [1.807, 2.05) is 0 Å². The van der Waals surface area contributed by atoms with E-state index in [1.54, 1.807) is 0 Å². The Kier molecular flexibility index (Phi) is 38.5. The molecule has 6 nitrogen and oxygen atoms in total. The van der Waals surface area contributed by atoms with Crippen molar-refractivity contribution in [1.29, 1.82) is 0 Å². The SMILES string of the molecule is CC(C)CCCCCCCCCCCCCCCCCC(=O)OC[C@@H](COC(=O)CCCCCCCCC(C)C)OC(=O)CCCCCCCCC(C)C. The van der Waals surface area contributed by atoms with Crippen LogP contribution in [0.2, 0.25) is 0 Å². The fraction of sp³-hybridized carbons (Fsp3) is 0.938. The van der Waals surface area contributed by atoms with Gasteiger partial charge < -0.3 is 14.2 Å². The first-order chi connectivity index (χ1) is 26.1. The highest BCUT2D eigenvalue weighted by Gasteiger charge is 2.19. The number of esters is 3. The Balaban J connectivity index is 4.21. The first kappa shape index (κ1) is 52.4. The Hall–Kier alpha value is -1.59. The lowest BCUT2D eigenvalue weighted by molar-refractivity contribution is -0.167. The van der Waals surface area contributed by atoms with Crippen LogP contribution in [0.1, 0.15) is 253 Å². The topological polar surface area (TPSA) is 78.9 Å². The van der Waals surface area contributed by atoms with Gasteiger partial charge in [-0.05, 0) is 37.0 Å². The molecule has 0 rings (SSSR count). The van der Waals surface area contributed by atoms with Gasteiger partial charge in [-0.25, -0.2) is 0 Å². The van der Waals surface area contributed by atoms with E-state index in [4.69, 9.17) is 14.2 Å². The van der Waals surface area contributed by atoms with Crippen molar-refractivity contribution in [2.45, 2.75) is 260 Å². The van der Waals surface area contributed by atoms with Crippen LogP contribution in [0.5, 0.6) is 0 Å². The standard InChI is InChI=1S/C48H92O6/c1-42(2)34-28-22-16-14-12-10-8-7-9-11-13-15-17-25-31-37-46(49)52-40-45(54-48(51)39-33-27-21-19-24-30-36-44(5)6)41-53-47(50)38-32-26-20-18-23-29-35-43(3)4/h42-45H,7-41H2,1-6H3/t45-/m0/s1. The molecule has 0 radical (unpaired) electrons. The summed E-state index contributed by atoms with van der Waals surface area (Å²) in [4.78, 5) is 37.6. The fourth-order valence-corrected chi connectivity index (χ4v) is 7.06. The zero-order valence-electron chi connectivity index (χ0n) is 37.0. The summed E-state index contributed by atoms with van der Waals surface area (Å²) in [6.45, 7) is 13.6. The van der Waals surface area contributed by atoms with Gasteiger partial charge in [-0.1, -0.05) is 215 Å². The largest absolute Gasteiger partial charge is 0.462 e. The molecule has 0 N–H and O–H groups in total. The van der Waals surface area contributed by atoms with Crippen LogP contribution in [0.15, 0.2) is 0 Å². The predicted molar refractivity (Wildman–Crippen MR) is 229 cm³/mol. The molecule has 0 aromatic heterocycles. The van der Waals surface area contributed by atoms with Gasteiger partial charge in [-0.3, -0.25) is 14.4 Å². The van der Waals surface area contributed by atoms with Crippen molar-refractivity contribution >= 4 is 17.9 Å². The van der Waals surface area contributed by atoms with Crippen molar-refractivity contribution < 1.29 is 28.6 Å². The molecule has 320 valence electrons. The molecule has 54 heavy (non-hydrogen) atoms. The monoisotopic (exact) mass is 765 g/mol. The zero-order valence-corrected chi connectivity index (χ0v) is 37.0. The molecule has 0 fully saturated rings. The van der Waals surface area contributed by atoms with Crippen LogP contribution in [-0.4, -0.2) is 37.2 Å². The van der Waals surface area contributed by atoms with E-state index < -0.39 is 6.10 Å². The van der Waals surface area contributed by atoms with Crippen LogP contribution in [0.3, 0.4) is 0 Å². The summed E-state index contributed by atoms with van der Waals surface area (Å²) in [5, 5.41) is 0. The van der Waals surface area contributed by atoms with Gasteiger partial charge in [0.15, 0.2) is 6.10 Å². The van der Waals surface area contributed by atoms with E-state index in [1.165, 1.54) is 135 Å².